The maximum atomic E-state index is 4.97. The molecule has 4 rings (SSSR count). The third-order valence-electron chi connectivity index (χ3n) is 5.15. The molecule has 156 valence electrons. The number of hydrogen-bond donors (Lipinski definition) is 1. The van der Waals surface area contributed by atoms with E-state index in [1.165, 1.54) is 11.1 Å². The monoisotopic (exact) mass is 421 g/mol. The molecule has 0 spiro atoms. The van der Waals surface area contributed by atoms with Crippen molar-refractivity contribution in [3.8, 4) is 11.3 Å². The van der Waals surface area contributed by atoms with Crippen molar-refractivity contribution >= 4 is 23.4 Å². The number of aryl methyl sites for hydroxylation is 2. The average Bonchev–Trinajstić information content (AvgIpc) is 3.33. The maximum Gasteiger partial charge on any atom is 0.227 e. The Kier molecular flexibility index (Phi) is 5.56. The molecule has 3 aromatic rings. The van der Waals surface area contributed by atoms with Crippen molar-refractivity contribution in [2.45, 2.75) is 46.5 Å². The highest BCUT2D eigenvalue weighted by molar-refractivity contribution is 8.02. The molecule has 0 saturated heterocycles. The van der Waals surface area contributed by atoms with E-state index in [2.05, 4.69) is 82.8 Å². The van der Waals surface area contributed by atoms with Gasteiger partial charge < -0.3 is 14.7 Å². The Bertz CT molecular complexity index is 1070. The van der Waals surface area contributed by atoms with Crippen LogP contribution in [0.1, 0.15) is 37.6 Å². The highest BCUT2D eigenvalue weighted by Crippen LogP contribution is 2.39. The van der Waals surface area contributed by atoms with E-state index in [0.717, 1.165) is 29.2 Å². The van der Waals surface area contributed by atoms with E-state index >= 15 is 0 Å². The molecular weight excluding hydrogens is 394 g/mol. The van der Waals surface area contributed by atoms with Crippen molar-refractivity contribution in [2.24, 2.45) is 5.41 Å². The van der Waals surface area contributed by atoms with E-state index < -0.39 is 0 Å². The molecule has 1 atom stereocenters. The fraction of sp³-hybridized carbons (Fsp3) is 0.348. The zero-order valence-corrected chi connectivity index (χ0v) is 18.8. The van der Waals surface area contributed by atoms with Gasteiger partial charge in [-0.15, -0.1) is 11.8 Å². The summed E-state index contributed by atoms with van der Waals surface area (Å²) < 4.78 is 4.97. The molecule has 0 aliphatic carbocycles. The van der Waals surface area contributed by atoms with E-state index in [4.69, 9.17) is 4.52 Å². The zero-order chi connectivity index (χ0) is 21.3. The van der Waals surface area contributed by atoms with Gasteiger partial charge in [-0.25, -0.2) is 9.97 Å². The lowest BCUT2D eigenvalue weighted by molar-refractivity contribution is 0.220. The van der Waals surface area contributed by atoms with E-state index in [9.17, 15) is 0 Å². The van der Waals surface area contributed by atoms with Gasteiger partial charge in [0.1, 0.15) is 17.6 Å². The summed E-state index contributed by atoms with van der Waals surface area (Å²) in [7, 11) is 0. The van der Waals surface area contributed by atoms with Crippen LogP contribution in [0.25, 0.3) is 11.3 Å². The van der Waals surface area contributed by atoms with Gasteiger partial charge in [0.05, 0.1) is 11.1 Å². The predicted octanol–water partition coefficient (Wildman–Crippen LogP) is 5.88. The third kappa shape index (κ3) is 4.36. The average molecular weight is 422 g/mol. The molecule has 0 radical (unpaired) electrons. The molecule has 30 heavy (non-hydrogen) atoms. The van der Waals surface area contributed by atoms with Gasteiger partial charge in [0, 0.05) is 24.5 Å². The Morgan fingerprint density at radius 1 is 1.20 bits per heavy atom. The number of rotatable bonds is 5. The molecular formula is C23H27N5OS. The SMILES string of the molecule is Cc1cc(-c2ccnc(Nc3conc3C)n2)ccc1CN1C=CSC1C(C)(C)C. The van der Waals surface area contributed by atoms with Crippen molar-refractivity contribution in [3.63, 3.8) is 0 Å². The van der Waals surface area contributed by atoms with Crippen molar-refractivity contribution in [1.82, 2.24) is 20.0 Å². The number of hydrogen-bond acceptors (Lipinski definition) is 7. The molecule has 0 saturated carbocycles. The molecule has 3 heterocycles. The van der Waals surface area contributed by atoms with Crippen LogP contribution in [-0.2, 0) is 6.54 Å². The molecule has 1 unspecified atom stereocenters. The first-order valence-corrected chi connectivity index (χ1v) is 10.9. The van der Waals surface area contributed by atoms with Crippen LogP contribution in [0.5, 0.6) is 0 Å². The second-order valence-corrected chi connectivity index (χ2v) is 9.65. The summed E-state index contributed by atoms with van der Waals surface area (Å²) in [5, 5.41) is 9.69. The molecule has 1 N–H and O–H groups in total. The quantitative estimate of drug-likeness (QED) is 0.551. The van der Waals surface area contributed by atoms with Gasteiger partial charge in [-0.1, -0.05) is 38.1 Å². The minimum atomic E-state index is 0.217. The van der Waals surface area contributed by atoms with Crippen LogP contribution in [0.2, 0.25) is 0 Å². The smallest absolute Gasteiger partial charge is 0.227 e. The molecule has 0 bridgehead atoms. The number of thioether (sulfide) groups is 1. The molecule has 0 amide bonds. The van der Waals surface area contributed by atoms with Gasteiger partial charge in [0.2, 0.25) is 5.95 Å². The molecule has 1 aliphatic heterocycles. The van der Waals surface area contributed by atoms with E-state index in [-0.39, 0.29) is 5.41 Å². The van der Waals surface area contributed by atoms with Crippen molar-refractivity contribution in [2.75, 3.05) is 5.32 Å². The predicted molar refractivity (Wildman–Crippen MR) is 122 cm³/mol. The Morgan fingerprint density at radius 3 is 2.73 bits per heavy atom. The van der Waals surface area contributed by atoms with Crippen LogP contribution in [0.4, 0.5) is 11.6 Å². The number of aromatic nitrogens is 3. The lowest BCUT2D eigenvalue weighted by Gasteiger charge is -2.35. The van der Waals surface area contributed by atoms with E-state index in [1.54, 1.807) is 12.5 Å². The second kappa shape index (κ2) is 8.14. The Morgan fingerprint density at radius 2 is 2.03 bits per heavy atom. The summed E-state index contributed by atoms with van der Waals surface area (Å²) >= 11 is 1.90. The lowest BCUT2D eigenvalue weighted by Crippen LogP contribution is -2.35. The Balaban J connectivity index is 1.53. The summed E-state index contributed by atoms with van der Waals surface area (Å²) in [5.41, 5.74) is 6.29. The summed E-state index contributed by atoms with van der Waals surface area (Å²) in [6, 6.07) is 8.47. The van der Waals surface area contributed by atoms with E-state index in [0.29, 0.717) is 11.3 Å². The topological polar surface area (TPSA) is 67.1 Å². The van der Waals surface area contributed by atoms with Crippen LogP contribution in [0.3, 0.4) is 0 Å². The minimum Gasteiger partial charge on any atom is -0.362 e. The summed E-state index contributed by atoms with van der Waals surface area (Å²) in [6.07, 6.45) is 5.53. The molecule has 6 nitrogen and oxygen atoms in total. The number of benzene rings is 1. The molecule has 7 heteroatoms. The van der Waals surface area contributed by atoms with Crippen LogP contribution < -0.4 is 5.32 Å². The van der Waals surface area contributed by atoms with Crippen molar-refractivity contribution in [3.05, 3.63) is 65.2 Å². The normalized spacial score (nSPS) is 16.3. The van der Waals surface area contributed by atoms with Gasteiger partial charge in [-0.3, -0.25) is 0 Å². The van der Waals surface area contributed by atoms with Crippen LogP contribution in [0.15, 0.2) is 52.9 Å². The van der Waals surface area contributed by atoms with Gasteiger partial charge >= 0.3 is 0 Å². The van der Waals surface area contributed by atoms with Gasteiger partial charge in [0.25, 0.3) is 0 Å². The highest BCUT2D eigenvalue weighted by atomic mass is 32.2. The van der Waals surface area contributed by atoms with Gasteiger partial charge in [-0.2, -0.15) is 0 Å². The Hall–Kier alpha value is -2.80. The minimum absolute atomic E-state index is 0.217. The molecule has 1 aliphatic rings. The summed E-state index contributed by atoms with van der Waals surface area (Å²) in [5.74, 6) is 0.521. The van der Waals surface area contributed by atoms with Gasteiger partial charge in [-0.05, 0) is 47.9 Å². The Labute approximate surface area is 181 Å². The standard InChI is InChI=1S/C23H27N5OS/c1-15-12-17(6-7-18(15)13-28-10-11-30-21(28)23(3,4)5)19-8-9-24-22(25-19)26-20-14-29-27-16(20)2/h6-12,14,21H,13H2,1-5H3,(H,24,25,26). The van der Waals surface area contributed by atoms with Crippen LogP contribution in [0, 0.1) is 19.3 Å². The molecule has 1 aromatic carbocycles. The number of nitrogens with one attached hydrogen (secondary N) is 1. The molecule has 2 aromatic heterocycles. The maximum absolute atomic E-state index is 4.97. The van der Waals surface area contributed by atoms with Crippen LogP contribution in [-0.4, -0.2) is 25.4 Å². The first-order valence-electron chi connectivity index (χ1n) is 10.00. The van der Waals surface area contributed by atoms with Crippen molar-refractivity contribution < 1.29 is 4.52 Å². The number of nitrogens with zero attached hydrogens (tertiary/aromatic N) is 4. The third-order valence-corrected chi connectivity index (χ3v) is 6.66. The largest absolute Gasteiger partial charge is 0.362 e. The number of anilines is 2. The fourth-order valence-electron chi connectivity index (χ4n) is 3.52. The second-order valence-electron chi connectivity index (χ2n) is 8.66. The zero-order valence-electron chi connectivity index (χ0n) is 18.0. The first kappa shape index (κ1) is 20.5. The van der Waals surface area contributed by atoms with E-state index in [1.807, 2.05) is 24.8 Å². The molecule has 0 fully saturated rings. The summed E-state index contributed by atoms with van der Waals surface area (Å²) in [4.78, 5) is 11.4. The summed E-state index contributed by atoms with van der Waals surface area (Å²) in [6.45, 7) is 11.8. The van der Waals surface area contributed by atoms with Gasteiger partial charge in [0.15, 0.2) is 0 Å². The fourth-order valence-corrected chi connectivity index (χ4v) is 4.61. The lowest BCUT2D eigenvalue weighted by atomic mass is 9.95. The first-order chi connectivity index (χ1) is 14.3. The van der Waals surface area contributed by atoms with Crippen molar-refractivity contribution in [1.29, 1.82) is 0 Å². The van der Waals surface area contributed by atoms with Crippen LogP contribution >= 0.6 is 11.8 Å². The highest BCUT2D eigenvalue weighted by Gasteiger charge is 2.31.